The Bertz CT molecular complexity index is 1520. The fraction of sp³-hybridized carbons (Fsp3) is 0.700. The summed E-state index contributed by atoms with van der Waals surface area (Å²) in [6.45, 7) is 19.7. The van der Waals surface area contributed by atoms with Crippen LogP contribution in [0.15, 0.2) is 17.3 Å². The van der Waals surface area contributed by atoms with Gasteiger partial charge in [-0.05, 0) is 93.9 Å². The molecule has 1 spiro atoms. The first-order valence-electron chi connectivity index (χ1n) is 19.0. The van der Waals surface area contributed by atoms with E-state index in [-0.39, 0.29) is 31.4 Å². The molecule has 12 nitrogen and oxygen atoms in total. The number of aryl methyl sites for hydroxylation is 2. The van der Waals surface area contributed by atoms with Gasteiger partial charge in [-0.1, -0.05) is 53.1 Å². The third kappa shape index (κ3) is 10.1. The van der Waals surface area contributed by atoms with Gasteiger partial charge in [0, 0.05) is 24.8 Å². The first kappa shape index (κ1) is 40.8. The van der Waals surface area contributed by atoms with Gasteiger partial charge in [0.05, 0.1) is 24.9 Å². The molecule has 4 rings (SSSR count). The maximum atomic E-state index is 14.6. The highest BCUT2D eigenvalue weighted by atomic mass is 16.7. The molecular formula is C40H60N4O8. The quantitative estimate of drug-likeness (QED) is 0.198. The number of Topliss-reactive ketones (excluding diaryl/α,β-unsaturated/α-hetero) is 2. The third-order valence-corrected chi connectivity index (χ3v) is 10.1. The summed E-state index contributed by atoms with van der Waals surface area (Å²) in [5.74, 6) is -0.756. The van der Waals surface area contributed by atoms with Crippen molar-refractivity contribution < 1.29 is 38.3 Å². The third-order valence-electron chi connectivity index (χ3n) is 10.1. The van der Waals surface area contributed by atoms with E-state index in [1.807, 2.05) is 81.4 Å². The molecule has 1 saturated heterocycles. The number of likely N-dealkylation sites (tertiary alicyclic amines) is 1. The van der Waals surface area contributed by atoms with Crippen LogP contribution >= 0.6 is 0 Å². The van der Waals surface area contributed by atoms with E-state index in [9.17, 15) is 24.0 Å². The molecule has 0 bridgehead atoms. The van der Waals surface area contributed by atoms with Crippen LogP contribution in [0.25, 0.3) is 0 Å². The molecule has 3 amide bonds. The van der Waals surface area contributed by atoms with E-state index >= 15 is 0 Å². The molecule has 1 aliphatic carbocycles. The lowest BCUT2D eigenvalue weighted by molar-refractivity contribution is -0.144. The number of hydrogen-bond donors (Lipinski definition) is 2. The zero-order valence-corrected chi connectivity index (χ0v) is 32.9. The van der Waals surface area contributed by atoms with Gasteiger partial charge in [0.2, 0.25) is 23.4 Å². The molecular weight excluding hydrogens is 664 g/mol. The second kappa shape index (κ2) is 16.8. The van der Waals surface area contributed by atoms with Crippen LogP contribution < -0.4 is 15.4 Å². The summed E-state index contributed by atoms with van der Waals surface area (Å²) in [5, 5.41) is 10.1. The normalized spacial score (nSPS) is 21.6. The van der Waals surface area contributed by atoms with Gasteiger partial charge in [0.15, 0.2) is 5.60 Å². The predicted octanol–water partition coefficient (Wildman–Crippen LogP) is 5.96. The fourth-order valence-electron chi connectivity index (χ4n) is 7.34. The lowest BCUT2D eigenvalue weighted by atomic mass is 9.85. The van der Waals surface area contributed by atoms with Crippen molar-refractivity contribution in [1.29, 1.82) is 0 Å². The molecule has 5 atom stereocenters. The summed E-state index contributed by atoms with van der Waals surface area (Å²) < 4.78 is 11.4. The number of ether oxygens (including phenoxy) is 2. The average Bonchev–Trinajstić information content (AvgIpc) is 3.64. The molecule has 288 valence electrons. The first-order valence-corrected chi connectivity index (χ1v) is 19.0. The van der Waals surface area contributed by atoms with Crippen LogP contribution in [0.1, 0.15) is 123 Å². The van der Waals surface area contributed by atoms with Crippen LogP contribution in [0.2, 0.25) is 0 Å². The zero-order valence-electron chi connectivity index (χ0n) is 32.9. The van der Waals surface area contributed by atoms with Gasteiger partial charge in [0.25, 0.3) is 0 Å². The molecule has 0 unspecified atom stereocenters. The van der Waals surface area contributed by atoms with Crippen LogP contribution in [0, 0.1) is 31.1 Å². The second-order valence-electron chi connectivity index (χ2n) is 16.6. The number of amides is 3. The Balaban J connectivity index is 1.63. The number of benzene rings is 1. The number of rotatable bonds is 16. The lowest BCUT2D eigenvalue weighted by Crippen LogP contribution is -2.59. The highest BCUT2D eigenvalue weighted by Crippen LogP contribution is 2.41. The summed E-state index contributed by atoms with van der Waals surface area (Å²) in [6, 6.07) is 0.873. The van der Waals surface area contributed by atoms with Crippen molar-refractivity contribution in [2.75, 3.05) is 13.2 Å². The van der Waals surface area contributed by atoms with E-state index in [4.69, 9.17) is 14.3 Å². The minimum atomic E-state index is -1.06. The van der Waals surface area contributed by atoms with E-state index < -0.39 is 58.6 Å². The number of carbonyl (C=O) groups is 5. The monoisotopic (exact) mass is 724 g/mol. The van der Waals surface area contributed by atoms with Crippen molar-refractivity contribution in [3.8, 4) is 5.75 Å². The fourth-order valence-corrected chi connectivity index (χ4v) is 7.34. The molecule has 1 aromatic carbocycles. The van der Waals surface area contributed by atoms with Crippen LogP contribution in [-0.2, 0) is 28.8 Å². The molecule has 1 aromatic rings. The number of nitrogens with zero attached hydrogens (tertiary/aromatic N) is 2. The molecule has 2 heterocycles. The smallest absolute Gasteiger partial charge is 0.408 e. The molecule has 2 fully saturated rings. The minimum Gasteiger partial charge on any atom is -0.493 e. The first-order chi connectivity index (χ1) is 24.4. The van der Waals surface area contributed by atoms with Crippen LogP contribution in [0.4, 0.5) is 4.79 Å². The average molecular weight is 725 g/mol. The van der Waals surface area contributed by atoms with Crippen LogP contribution in [-0.4, -0.2) is 83.1 Å². The number of nitrogens with one attached hydrogen (secondary N) is 2. The second-order valence-corrected chi connectivity index (χ2v) is 16.6. The molecule has 1 saturated carbocycles. The topological polar surface area (TPSA) is 153 Å². The van der Waals surface area contributed by atoms with Gasteiger partial charge in [-0.3, -0.25) is 19.2 Å². The number of ketones is 2. The molecule has 2 N–H and O–H groups in total. The van der Waals surface area contributed by atoms with Crippen molar-refractivity contribution in [2.24, 2.45) is 22.4 Å². The van der Waals surface area contributed by atoms with E-state index in [0.717, 1.165) is 35.3 Å². The van der Waals surface area contributed by atoms with Gasteiger partial charge < -0.3 is 29.8 Å². The Kier molecular flexibility index (Phi) is 13.2. The van der Waals surface area contributed by atoms with Crippen molar-refractivity contribution >= 4 is 35.2 Å². The van der Waals surface area contributed by atoms with E-state index in [2.05, 4.69) is 15.8 Å². The summed E-state index contributed by atoms with van der Waals surface area (Å²) in [4.78, 5) is 75.7. The van der Waals surface area contributed by atoms with E-state index in [0.29, 0.717) is 43.9 Å². The Morgan fingerprint density at radius 2 is 1.69 bits per heavy atom. The molecule has 12 heteroatoms. The minimum absolute atomic E-state index is 0.0198. The Morgan fingerprint density at radius 3 is 2.25 bits per heavy atom. The molecule has 2 aliphatic heterocycles. The summed E-state index contributed by atoms with van der Waals surface area (Å²) >= 11 is 0. The predicted molar refractivity (Wildman–Crippen MR) is 198 cm³/mol. The van der Waals surface area contributed by atoms with E-state index in [1.165, 1.54) is 4.90 Å². The van der Waals surface area contributed by atoms with Gasteiger partial charge in [0.1, 0.15) is 23.9 Å². The zero-order chi connectivity index (χ0) is 38.5. The Morgan fingerprint density at radius 1 is 1.04 bits per heavy atom. The molecule has 3 aliphatic rings. The van der Waals surface area contributed by atoms with Crippen molar-refractivity contribution in [2.45, 2.75) is 150 Å². The lowest BCUT2D eigenvalue weighted by Gasteiger charge is -2.35. The van der Waals surface area contributed by atoms with Crippen molar-refractivity contribution in [3.63, 3.8) is 0 Å². The maximum absolute atomic E-state index is 14.6. The molecule has 0 radical (unpaired) electrons. The standard InChI is InChI=1S/C40H60N4O8/c1-11-13-29(33(46)32(45)19-27-14-15-27)41-36(47)31-21-40(20-30(43-52-40)28-17-24(5)34(50-12-2)25(6)18-28)22-44(31)37(48)35(39(8,9)10)42-38(49)51-26(7)16-23(3)4/h17-18,23,26-27,29,31,35H,11-16,19-22H2,1-10H3,(H,41,47)(H,42,49)/t26-,29+,31+,35-,40-/m1/s1. The van der Waals surface area contributed by atoms with Gasteiger partial charge in [-0.25, -0.2) is 4.79 Å². The Hall–Kier alpha value is -3.96. The highest BCUT2D eigenvalue weighted by Gasteiger charge is 2.56. The number of oxime groups is 1. The van der Waals surface area contributed by atoms with Crippen molar-refractivity contribution in [3.05, 3.63) is 28.8 Å². The Labute approximate surface area is 309 Å². The maximum Gasteiger partial charge on any atom is 0.408 e. The SMILES string of the molecule is CCC[C@H](NC(=O)[C@@H]1C[C@]2(CC(c3cc(C)c(OCC)c(C)c3)=NO2)CN1C(=O)[C@@H](NC(=O)O[C@H](C)CC(C)C)C(C)(C)C)C(=O)C(=O)CC1CC1. The van der Waals surface area contributed by atoms with Gasteiger partial charge >= 0.3 is 6.09 Å². The number of carbonyl (C=O) groups excluding carboxylic acids is 5. The summed E-state index contributed by atoms with van der Waals surface area (Å²) in [7, 11) is 0. The summed E-state index contributed by atoms with van der Waals surface area (Å²) in [6.07, 6.45) is 2.91. The van der Waals surface area contributed by atoms with E-state index in [1.54, 1.807) is 0 Å². The number of hydrogen-bond acceptors (Lipinski definition) is 9. The van der Waals surface area contributed by atoms with Crippen LogP contribution in [0.3, 0.4) is 0 Å². The van der Waals surface area contributed by atoms with Gasteiger partial charge in [-0.15, -0.1) is 0 Å². The summed E-state index contributed by atoms with van der Waals surface area (Å²) in [5.41, 5.74) is 1.65. The molecule has 0 aromatic heterocycles. The van der Waals surface area contributed by atoms with Crippen LogP contribution in [0.5, 0.6) is 5.75 Å². The largest absolute Gasteiger partial charge is 0.493 e. The van der Waals surface area contributed by atoms with Crippen molar-refractivity contribution in [1.82, 2.24) is 15.5 Å². The highest BCUT2D eigenvalue weighted by molar-refractivity contribution is 6.39. The van der Waals surface area contributed by atoms with Gasteiger partial charge in [-0.2, -0.15) is 0 Å². The number of alkyl carbamates (subject to hydrolysis) is 1. The molecule has 52 heavy (non-hydrogen) atoms.